The number of nitrogens with one attached hydrogen (secondary N) is 1. The van der Waals surface area contributed by atoms with Gasteiger partial charge in [-0.15, -0.1) is 5.10 Å². The molecule has 1 amide bonds. The normalized spacial score (nSPS) is 10.2. The Hall–Kier alpha value is -2.64. The van der Waals surface area contributed by atoms with Crippen molar-refractivity contribution in [2.45, 2.75) is 13.3 Å². The summed E-state index contributed by atoms with van der Waals surface area (Å²) >= 11 is 0. The first kappa shape index (κ1) is 12.8. The van der Waals surface area contributed by atoms with Gasteiger partial charge in [-0.3, -0.25) is 9.59 Å². The topological polar surface area (TPSA) is 89.8 Å². The first-order chi connectivity index (χ1) is 9.06. The van der Waals surface area contributed by atoms with E-state index in [-0.39, 0.29) is 17.9 Å². The molecule has 0 saturated heterocycles. The molecule has 0 aliphatic carbocycles. The number of nitrogens with zero attached hydrogens (tertiary/aromatic N) is 4. The molecule has 0 unspecified atom stereocenters. The van der Waals surface area contributed by atoms with Crippen LogP contribution in [0.1, 0.15) is 13.3 Å². The molecule has 0 saturated carbocycles. The van der Waals surface area contributed by atoms with Crippen LogP contribution in [0.5, 0.6) is 0 Å². The Morgan fingerprint density at radius 2 is 2.21 bits per heavy atom. The van der Waals surface area contributed by atoms with Gasteiger partial charge >= 0.3 is 0 Å². The summed E-state index contributed by atoms with van der Waals surface area (Å²) in [5.74, 6) is -1.47. The zero-order valence-corrected chi connectivity index (χ0v) is 10.00. The Morgan fingerprint density at radius 3 is 2.84 bits per heavy atom. The van der Waals surface area contributed by atoms with Crippen LogP contribution in [0.25, 0.3) is 5.69 Å². The number of benzene rings is 1. The van der Waals surface area contributed by atoms with Crippen LogP contribution in [0.3, 0.4) is 0 Å². The van der Waals surface area contributed by atoms with Gasteiger partial charge < -0.3 is 5.32 Å². The number of amides is 1. The third-order valence-corrected chi connectivity index (χ3v) is 2.25. The zero-order chi connectivity index (χ0) is 13.8. The third-order valence-electron chi connectivity index (χ3n) is 2.25. The fraction of sp³-hybridized carbons (Fsp3) is 0.182. The van der Waals surface area contributed by atoms with Crippen LogP contribution in [0.2, 0.25) is 0 Å². The van der Waals surface area contributed by atoms with Crippen LogP contribution >= 0.6 is 0 Å². The quantitative estimate of drug-likeness (QED) is 0.821. The summed E-state index contributed by atoms with van der Waals surface area (Å²) in [6.07, 6.45) is 1.04. The number of tetrazole rings is 1. The van der Waals surface area contributed by atoms with Crippen LogP contribution in [0.15, 0.2) is 24.5 Å². The van der Waals surface area contributed by atoms with Crippen molar-refractivity contribution < 1.29 is 14.0 Å². The zero-order valence-electron chi connectivity index (χ0n) is 10.00. The highest BCUT2D eigenvalue weighted by molar-refractivity contribution is 6.03. The summed E-state index contributed by atoms with van der Waals surface area (Å²) in [6.45, 7) is 1.29. The number of hydrogen-bond donors (Lipinski definition) is 1. The lowest BCUT2D eigenvalue weighted by Crippen LogP contribution is -2.16. The molecule has 2 rings (SSSR count). The largest absolute Gasteiger partial charge is 0.323 e. The summed E-state index contributed by atoms with van der Waals surface area (Å²) < 4.78 is 14.9. The molecule has 1 aromatic carbocycles. The van der Waals surface area contributed by atoms with Gasteiger partial charge in [0.2, 0.25) is 5.91 Å². The van der Waals surface area contributed by atoms with Crippen LogP contribution in [0.4, 0.5) is 10.1 Å². The van der Waals surface area contributed by atoms with Crippen molar-refractivity contribution in [1.82, 2.24) is 20.2 Å². The molecule has 0 fully saturated rings. The van der Waals surface area contributed by atoms with Crippen molar-refractivity contribution >= 4 is 17.4 Å². The summed E-state index contributed by atoms with van der Waals surface area (Å²) in [5, 5.41) is 12.9. The molecule has 0 aliphatic rings. The Kier molecular flexibility index (Phi) is 3.60. The first-order valence-corrected chi connectivity index (χ1v) is 5.38. The second-order valence-corrected chi connectivity index (χ2v) is 3.85. The van der Waals surface area contributed by atoms with E-state index < -0.39 is 11.7 Å². The van der Waals surface area contributed by atoms with E-state index in [1.54, 1.807) is 0 Å². The Bertz CT molecular complexity index is 612. The number of aromatic nitrogens is 4. The minimum Gasteiger partial charge on any atom is -0.323 e. The van der Waals surface area contributed by atoms with Crippen molar-refractivity contribution in [1.29, 1.82) is 0 Å². The van der Waals surface area contributed by atoms with Crippen LogP contribution in [0, 0.1) is 5.82 Å². The van der Waals surface area contributed by atoms with Crippen molar-refractivity contribution in [3.8, 4) is 5.69 Å². The number of ketones is 1. The van der Waals surface area contributed by atoms with E-state index in [2.05, 4.69) is 20.8 Å². The average Bonchev–Trinajstić information content (AvgIpc) is 2.84. The van der Waals surface area contributed by atoms with E-state index in [0.29, 0.717) is 5.69 Å². The SMILES string of the molecule is CC(=O)CC(=O)Nc1cc(-n2cnnn2)ccc1F. The molecule has 7 nitrogen and oxygen atoms in total. The van der Waals surface area contributed by atoms with Gasteiger partial charge in [0, 0.05) is 0 Å². The number of carbonyl (C=O) groups excluding carboxylic acids is 2. The molecule has 0 atom stereocenters. The maximum Gasteiger partial charge on any atom is 0.231 e. The van der Waals surface area contributed by atoms with E-state index >= 15 is 0 Å². The predicted octanol–water partition coefficient (Wildman–Crippen LogP) is 0.719. The lowest BCUT2D eigenvalue weighted by molar-refractivity contribution is -0.124. The fourth-order valence-electron chi connectivity index (χ4n) is 1.45. The van der Waals surface area contributed by atoms with Crippen molar-refractivity contribution in [2.75, 3.05) is 5.32 Å². The van der Waals surface area contributed by atoms with Gasteiger partial charge in [-0.1, -0.05) is 0 Å². The summed E-state index contributed by atoms with van der Waals surface area (Å²) in [4.78, 5) is 22.2. The fourth-order valence-corrected chi connectivity index (χ4v) is 1.45. The number of carbonyl (C=O) groups is 2. The highest BCUT2D eigenvalue weighted by Gasteiger charge is 2.10. The van der Waals surface area contributed by atoms with Gasteiger partial charge in [0.15, 0.2) is 0 Å². The van der Waals surface area contributed by atoms with Gasteiger partial charge in [-0.05, 0) is 35.5 Å². The number of Topliss-reactive ketones (excluding diaryl/α,β-unsaturated/α-hetero) is 1. The van der Waals surface area contributed by atoms with Crippen LogP contribution in [-0.4, -0.2) is 31.9 Å². The van der Waals surface area contributed by atoms with Crippen LogP contribution < -0.4 is 5.32 Å². The molecule has 0 radical (unpaired) electrons. The maximum absolute atomic E-state index is 13.5. The smallest absolute Gasteiger partial charge is 0.231 e. The lowest BCUT2D eigenvalue weighted by Gasteiger charge is -2.07. The Balaban J connectivity index is 2.23. The molecular formula is C11H10FN5O2. The van der Waals surface area contributed by atoms with Crippen molar-refractivity contribution in [3.05, 3.63) is 30.3 Å². The predicted molar refractivity (Wildman–Crippen MR) is 63.0 cm³/mol. The summed E-state index contributed by atoms with van der Waals surface area (Å²) in [6, 6.07) is 4.02. The number of halogens is 1. The lowest BCUT2D eigenvalue weighted by atomic mass is 10.2. The molecular weight excluding hydrogens is 253 g/mol. The van der Waals surface area contributed by atoms with E-state index in [0.717, 1.165) is 0 Å². The number of rotatable bonds is 4. The highest BCUT2D eigenvalue weighted by Crippen LogP contribution is 2.18. The molecule has 1 N–H and O–H groups in total. The Labute approximate surface area is 107 Å². The Morgan fingerprint density at radius 1 is 1.42 bits per heavy atom. The third kappa shape index (κ3) is 3.18. The molecule has 0 aliphatic heterocycles. The van der Waals surface area contributed by atoms with Crippen LogP contribution in [-0.2, 0) is 9.59 Å². The molecule has 8 heteroatoms. The second kappa shape index (κ2) is 5.34. The van der Waals surface area contributed by atoms with Crippen molar-refractivity contribution in [3.63, 3.8) is 0 Å². The second-order valence-electron chi connectivity index (χ2n) is 3.85. The van der Waals surface area contributed by atoms with Gasteiger partial charge in [0.05, 0.1) is 17.8 Å². The van der Waals surface area contributed by atoms with E-state index in [1.165, 1.54) is 36.1 Å². The van der Waals surface area contributed by atoms with E-state index in [1.807, 2.05) is 0 Å². The standard InChI is InChI=1S/C11H10FN5O2/c1-7(18)4-11(19)14-10-5-8(2-3-9(10)12)17-6-13-15-16-17/h2-3,5-6H,4H2,1H3,(H,14,19). The maximum atomic E-state index is 13.5. The van der Waals surface area contributed by atoms with Gasteiger partial charge in [-0.25, -0.2) is 9.07 Å². The molecule has 98 valence electrons. The first-order valence-electron chi connectivity index (χ1n) is 5.38. The van der Waals surface area contributed by atoms with Gasteiger partial charge in [-0.2, -0.15) is 0 Å². The molecule has 1 heterocycles. The molecule has 19 heavy (non-hydrogen) atoms. The van der Waals surface area contributed by atoms with E-state index in [9.17, 15) is 14.0 Å². The highest BCUT2D eigenvalue weighted by atomic mass is 19.1. The van der Waals surface area contributed by atoms with Gasteiger partial charge in [0.25, 0.3) is 0 Å². The summed E-state index contributed by atoms with van der Waals surface area (Å²) in [5.41, 5.74) is 0.462. The van der Waals surface area contributed by atoms with E-state index in [4.69, 9.17) is 0 Å². The number of hydrogen-bond acceptors (Lipinski definition) is 5. The molecule has 0 bridgehead atoms. The number of anilines is 1. The monoisotopic (exact) mass is 263 g/mol. The summed E-state index contributed by atoms with van der Waals surface area (Å²) in [7, 11) is 0. The van der Waals surface area contributed by atoms with Gasteiger partial charge in [0.1, 0.15) is 17.9 Å². The molecule has 0 spiro atoms. The van der Waals surface area contributed by atoms with Crippen molar-refractivity contribution in [2.24, 2.45) is 0 Å². The minimum atomic E-state index is -0.603. The minimum absolute atomic E-state index is 0.0285. The molecule has 2 aromatic rings. The average molecular weight is 263 g/mol. The molecule has 1 aromatic heterocycles.